The van der Waals surface area contributed by atoms with Gasteiger partial charge in [0, 0.05) is 6.42 Å². The Bertz CT molecular complexity index is 1730. The third kappa shape index (κ3) is 12.4. The highest BCUT2D eigenvalue weighted by Gasteiger charge is 2.48. The van der Waals surface area contributed by atoms with Gasteiger partial charge in [0.05, 0.1) is 58.6 Å². The van der Waals surface area contributed by atoms with Gasteiger partial charge in [-0.15, -0.1) is 0 Å². The summed E-state index contributed by atoms with van der Waals surface area (Å²) in [5.74, 6) is -4.61. The summed E-state index contributed by atoms with van der Waals surface area (Å²) < 4.78 is 268. The number of quaternary nitrogens is 1. The third-order valence-corrected chi connectivity index (χ3v) is 9.55. The first-order valence-electron chi connectivity index (χ1n) is 17.6. The van der Waals surface area contributed by atoms with Gasteiger partial charge in [0.25, 0.3) is 0 Å². The second kappa shape index (κ2) is 17.8. The van der Waals surface area contributed by atoms with Crippen LogP contribution in [0.2, 0.25) is 0 Å². The van der Waals surface area contributed by atoms with Crippen LogP contribution >= 0.6 is 0 Å². The van der Waals surface area contributed by atoms with E-state index in [0.29, 0.717) is 12.8 Å². The Kier molecular flexibility index (Phi) is 14.9. The van der Waals surface area contributed by atoms with Gasteiger partial charge in [0.2, 0.25) is 0 Å². The second-order valence-electron chi connectivity index (χ2n) is 13.2. The highest BCUT2D eigenvalue weighted by atomic mass is 19.4. The fourth-order valence-electron chi connectivity index (χ4n) is 6.46. The summed E-state index contributed by atoms with van der Waals surface area (Å²) >= 11 is 0. The predicted molar refractivity (Wildman–Crippen MR) is 176 cm³/mol. The largest absolute Gasteiger partial charge is 0.864 e. The molecule has 0 aliphatic carbocycles. The normalized spacial score (nSPS) is 14.0. The van der Waals surface area contributed by atoms with Crippen molar-refractivity contribution < 1.29 is 97.5 Å². The van der Waals surface area contributed by atoms with E-state index in [9.17, 15) is 79.0 Å². The molecular formula is C36H35BF18NO3+. The second-order valence-corrected chi connectivity index (χ2v) is 13.2. The molecule has 0 bridgehead atoms. The zero-order valence-electron chi connectivity index (χ0n) is 31.2. The average Bonchev–Trinajstić information content (AvgIpc) is 3.09. The zero-order valence-corrected chi connectivity index (χ0v) is 31.2. The summed E-state index contributed by atoms with van der Waals surface area (Å²) in [5.41, 5.74) is -13.4. The van der Waals surface area contributed by atoms with Crippen LogP contribution in [-0.4, -0.2) is 31.4 Å². The highest BCUT2D eigenvalue weighted by molar-refractivity contribution is 6.39. The minimum absolute atomic E-state index is 0.0205. The van der Waals surface area contributed by atoms with Crippen LogP contribution in [0.25, 0.3) is 0 Å². The molecule has 0 radical (unpaired) electrons. The monoisotopic (exact) mass is 882 g/mol. The smallest absolute Gasteiger partial charge is 0.490 e. The molecule has 0 heterocycles. The number of nitrogens with zero attached hydrogens (tertiary/aromatic N) is 1. The van der Waals surface area contributed by atoms with Crippen molar-refractivity contribution in [2.45, 2.75) is 96.5 Å². The summed E-state index contributed by atoms with van der Waals surface area (Å²) in [4.78, 5) is 0. The van der Waals surface area contributed by atoms with E-state index in [-0.39, 0.29) is 73.4 Å². The third-order valence-electron chi connectivity index (χ3n) is 9.55. The lowest BCUT2D eigenvalue weighted by Crippen LogP contribution is -2.51. The number of benzene rings is 3. The van der Waals surface area contributed by atoms with E-state index in [1.54, 1.807) is 27.7 Å². The van der Waals surface area contributed by atoms with Crippen LogP contribution in [0.5, 0.6) is 17.2 Å². The number of halogens is 18. The van der Waals surface area contributed by atoms with Gasteiger partial charge in [-0.1, -0.05) is 19.8 Å². The molecule has 330 valence electrons. The van der Waals surface area contributed by atoms with Crippen LogP contribution in [0.3, 0.4) is 0 Å². The fourth-order valence-corrected chi connectivity index (χ4v) is 6.46. The van der Waals surface area contributed by atoms with Crippen molar-refractivity contribution in [1.82, 2.24) is 0 Å². The Morgan fingerprint density at radius 1 is 0.458 bits per heavy atom. The van der Waals surface area contributed by atoms with Crippen molar-refractivity contribution in [2.24, 2.45) is 0 Å². The van der Waals surface area contributed by atoms with E-state index in [4.69, 9.17) is 14.0 Å². The molecule has 0 aliphatic heterocycles. The molecule has 0 aliphatic rings. The van der Waals surface area contributed by atoms with E-state index in [1.165, 1.54) is 0 Å². The molecule has 59 heavy (non-hydrogen) atoms. The van der Waals surface area contributed by atoms with E-state index in [2.05, 4.69) is 0 Å². The predicted octanol–water partition coefficient (Wildman–Crippen LogP) is 13.8. The lowest BCUT2D eigenvalue weighted by molar-refractivity contribution is -0.953. The molecule has 1 unspecified atom stereocenters. The van der Waals surface area contributed by atoms with Crippen molar-refractivity contribution in [3.8, 4) is 17.2 Å². The lowest BCUT2D eigenvalue weighted by Gasteiger charge is -2.44. The van der Waals surface area contributed by atoms with Crippen LogP contribution in [0.15, 0.2) is 48.5 Å². The Balaban J connectivity index is 2.53. The summed E-state index contributed by atoms with van der Waals surface area (Å²) in [6.07, 6.45) is -32.7. The van der Waals surface area contributed by atoms with E-state index in [0.717, 1.165) is 0 Å². The van der Waals surface area contributed by atoms with Gasteiger partial charge in [0.15, 0.2) is 0 Å². The van der Waals surface area contributed by atoms with Gasteiger partial charge in [-0.05, 0) is 75.7 Å². The number of unbranched alkanes of at least 4 members (excludes halogenated alkanes) is 2. The molecule has 3 rings (SSSR count). The summed E-state index contributed by atoms with van der Waals surface area (Å²) in [7, 11) is -3.27. The molecule has 0 amide bonds. The average molecular weight is 882 g/mol. The number of hydrogen-bond acceptors (Lipinski definition) is 3. The van der Waals surface area contributed by atoms with Crippen molar-refractivity contribution in [3.63, 3.8) is 0 Å². The number of hydrogen-bond donors (Lipinski definition) is 0. The Labute approximate surface area is 325 Å². The highest BCUT2D eigenvalue weighted by Crippen LogP contribution is 2.49. The molecule has 0 spiro atoms. The maximum absolute atomic E-state index is 15.0. The molecule has 0 fully saturated rings. The number of alkyl halides is 18. The van der Waals surface area contributed by atoms with Gasteiger partial charge in [-0.25, -0.2) is 0 Å². The Morgan fingerprint density at radius 2 is 0.814 bits per heavy atom. The van der Waals surface area contributed by atoms with Gasteiger partial charge >= 0.3 is 44.4 Å². The first kappa shape index (κ1) is 49.2. The van der Waals surface area contributed by atoms with Crippen LogP contribution < -0.4 is 14.0 Å². The Hall–Kier alpha value is -4.18. The van der Waals surface area contributed by atoms with E-state index in [1.807, 2.05) is 0 Å². The van der Waals surface area contributed by atoms with Crippen LogP contribution in [-0.2, 0) is 37.1 Å². The van der Waals surface area contributed by atoms with Gasteiger partial charge in [-0.2, -0.15) is 79.0 Å². The molecule has 3 aromatic rings. The van der Waals surface area contributed by atoms with E-state index >= 15 is 0 Å². The maximum atomic E-state index is 15.0. The molecule has 4 nitrogen and oxygen atoms in total. The molecule has 3 aromatic carbocycles. The fraction of sp³-hybridized carbons (Fsp3) is 0.500. The van der Waals surface area contributed by atoms with Gasteiger partial charge < -0.3 is 18.4 Å². The first-order valence-corrected chi connectivity index (χ1v) is 17.6. The maximum Gasteiger partial charge on any atom is 0.864 e. The Morgan fingerprint density at radius 3 is 1.12 bits per heavy atom. The molecule has 0 N–H and O–H groups in total. The van der Waals surface area contributed by atoms with Crippen LogP contribution in [0, 0.1) is 0 Å². The molecule has 23 heteroatoms. The minimum Gasteiger partial charge on any atom is -0.490 e. The molecule has 0 aromatic heterocycles. The number of rotatable bonds is 15. The SMILES string of the molecule is CCCCCC(c1c(OB(Oc2cc(C(F)(F)F)cc(C(F)(F)F)c2)Oc2cc(C(F)(F)F)cc(C(F)(F)F)c2)cc(C(F)(F)F)cc1C(F)(F)F)[N+](CC)(CC)CC. The van der Waals surface area contributed by atoms with Crippen molar-refractivity contribution in [2.75, 3.05) is 19.6 Å². The minimum atomic E-state index is -5.63. The summed E-state index contributed by atoms with van der Waals surface area (Å²) in [5, 5.41) is 0. The molecule has 0 saturated carbocycles. The van der Waals surface area contributed by atoms with E-state index < -0.39 is 119 Å². The van der Waals surface area contributed by atoms with Crippen molar-refractivity contribution >= 4 is 7.32 Å². The standard InChI is InChI=1S/C36H35BF18NO3/c1-5-9-10-11-28(56(6-2,7-3)8-4)30-27(36(53,54)55)18-24(35(50,51)52)19-29(30)59-37(57-25-14-20(31(38,39)40)12-21(15-25)32(41,42)43)58-26-16-22(33(44,45)46)13-23(17-26)34(47,48)49/h12-19,28H,5-11H2,1-4H3/q+1. The lowest BCUT2D eigenvalue weighted by atomic mass is 9.89. The van der Waals surface area contributed by atoms with Crippen LogP contribution in [0.4, 0.5) is 79.0 Å². The van der Waals surface area contributed by atoms with Gasteiger partial charge in [-0.3, -0.25) is 0 Å². The van der Waals surface area contributed by atoms with Crippen molar-refractivity contribution in [1.29, 1.82) is 0 Å². The summed E-state index contributed by atoms with van der Waals surface area (Å²) in [6, 6.07) is -3.16. The molecule has 1 atom stereocenters. The summed E-state index contributed by atoms with van der Waals surface area (Å²) in [6.45, 7) is 6.46. The van der Waals surface area contributed by atoms with Gasteiger partial charge in [0.1, 0.15) is 23.3 Å². The molecule has 0 saturated heterocycles. The quantitative estimate of drug-likeness (QED) is 0.0659. The molecular weight excluding hydrogens is 847 g/mol. The van der Waals surface area contributed by atoms with Crippen molar-refractivity contribution in [3.05, 3.63) is 87.5 Å². The van der Waals surface area contributed by atoms with Crippen LogP contribution in [0.1, 0.15) is 98.4 Å². The first-order chi connectivity index (χ1) is 26.8. The topological polar surface area (TPSA) is 27.7 Å². The zero-order chi connectivity index (χ0) is 45.2.